The molecule has 0 unspecified atom stereocenters. The Kier molecular flexibility index (Phi) is 5.38. The van der Waals surface area contributed by atoms with Crippen LogP contribution in [0, 0.1) is 0 Å². The molecular weight excluding hydrogens is 344 g/mol. The third-order valence-corrected chi connectivity index (χ3v) is 5.21. The third-order valence-electron chi connectivity index (χ3n) is 2.80. The molecule has 8 heteroatoms. The molecular formula is C15H13F2NO3S2. The Balaban J connectivity index is 2.11. The van der Waals surface area contributed by atoms with Gasteiger partial charge in [-0.2, -0.15) is 8.78 Å². The van der Waals surface area contributed by atoms with Gasteiger partial charge in [0, 0.05) is 22.4 Å². The van der Waals surface area contributed by atoms with Crippen LogP contribution in [0.2, 0.25) is 0 Å². The fourth-order valence-corrected chi connectivity index (χ4v) is 3.28. The number of benzene rings is 2. The molecule has 0 aliphatic carbocycles. The molecule has 122 valence electrons. The largest absolute Gasteiger partial charge is 0.341 e. The molecule has 0 heterocycles. The summed E-state index contributed by atoms with van der Waals surface area (Å²) in [5.41, 5.74) is 0.667. The number of halogens is 2. The van der Waals surface area contributed by atoms with Crippen molar-refractivity contribution in [3.8, 4) is 0 Å². The summed E-state index contributed by atoms with van der Waals surface area (Å²) in [6.07, 6.45) is 0. The van der Waals surface area contributed by atoms with Crippen molar-refractivity contribution in [2.24, 2.45) is 0 Å². The minimum atomic E-state index is -4.57. The second kappa shape index (κ2) is 7.10. The lowest BCUT2D eigenvalue weighted by molar-refractivity contribution is -0.114. The lowest BCUT2D eigenvalue weighted by atomic mass is 10.3. The van der Waals surface area contributed by atoms with E-state index in [9.17, 15) is 22.0 Å². The van der Waals surface area contributed by atoms with Crippen molar-refractivity contribution in [2.75, 3.05) is 5.32 Å². The summed E-state index contributed by atoms with van der Waals surface area (Å²) in [5.74, 6) is -3.59. The second-order valence-corrected chi connectivity index (χ2v) is 7.65. The van der Waals surface area contributed by atoms with E-state index in [0.717, 1.165) is 17.0 Å². The van der Waals surface area contributed by atoms with Crippen molar-refractivity contribution in [3.05, 3.63) is 48.5 Å². The number of hydrogen-bond acceptors (Lipinski definition) is 4. The molecule has 0 aliphatic heterocycles. The summed E-state index contributed by atoms with van der Waals surface area (Å²) >= 11 is 1.35. The Labute approximate surface area is 136 Å². The van der Waals surface area contributed by atoms with Crippen LogP contribution in [0.1, 0.15) is 6.92 Å². The average Bonchev–Trinajstić information content (AvgIpc) is 2.49. The van der Waals surface area contributed by atoms with Gasteiger partial charge in [0.2, 0.25) is 15.7 Å². The molecule has 0 bridgehead atoms. The van der Waals surface area contributed by atoms with E-state index in [1.165, 1.54) is 30.8 Å². The molecule has 1 amide bonds. The maximum absolute atomic E-state index is 12.5. The van der Waals surface area contributed by atoms with E-state index in [1.807, 2.05) is 0 Å². The maximum atomic E-state index is 12.5. The first-order valence-corrected chi connectivity index (χ1v) is 8.83. The van der Waals surface area contributed by atoms with Crippen LogP contribution in [0.5, 0.6) is 0 Å². The standard InChI is InChI=1S/C15H13F2NO3S2/c1-10(19)18-11-2-4-12(5-3-11)22-13-6-8-14(9-7-13)23(20,21)15(16)17/h2-9,15H,1H3,(H,18,19). The Morgan fingerprint density at radius 3 is 1.91 bits per heavy atom. The van der Waals surface area contributed by atoms with Crippen molar-refractivity contribution in [1.82, 2.24) is 0 Å². The van der Waals surface area contributed by atoms with Gasteiger partial charge in [-0.1, -0.05) is 11.8 Å². The maximum Gasteiger partial charge on any atom is 0.341 e. The predicted molar refractivity (Wildman–Crippen MR) is 84.5 cm³/mol. The highest BCUT2D eigenvalue weighted by atomic mass is 32.2. The number of amides is 1. The zero-order valence-corrected chi connectivity index (χ0v) is 13.6. The average molecular weight is 357 g/mol. The molecule has 0 saturated carbocycles. The van der Waals surface area contributed by atoms with Gasteiger partial charge < -0.3 is 5.32 Å². The highest BCUT2D eigenvalue weighted by molar-refractivity contribution is 7.99. The van der Waals surface area contributed by atoms with Crippen LogP contribution in [0.3, 0.4) is 0 Å². The van der Waals surface area contributed by atoms with Gasteiger partial charge >= 0.3 is 5.76 Å². The molecule has 0 aromatic heterocycles. The van der Waals surface area contributed by atoms with Gasteiger partial charge in [-0.05, 0) is 48.5 Å². The topological polar surface area (TPSA) is 63.2 Å². The molecule has 0 atom stereocenters. The van der Waals surface area contributed by atoms with Crippen LogP contribution in [0.15, 0.2) is 63.2 Å². The minimum absolute atomic E-state index is 0.166. The lowest BCUT2D eigenvalue weighted by Gasteiger charge is -2.06. The number of anilines is 1. The Morgan fingerprint density at radius 1 is 1.00 bits per heavy atom. The van der Waals surface area contributed by atoms with Crippen molar-refractivity contribution in [1.29, 1.82) is 0 Å². The van der Waals surface area contributed by atoms with Gasteiger partial charge in [0.15, 0.2) is 0 Å². The number of rotatable bonds is 5. The number of carbonyl (C=O) groups excluding carboxylic acids is 1. The summed E-state index contributed by atoms with van der Waals surface area (Å²) < 4.78 is 47.6. The highest BCUT2D eigenvalue weighted by Gasteiger charge is 2.26. The first-order valence-electron chi connectivity index (χ1n) is 6.46. The second-order valence-electron chi connectivity index (χ2n) is 4.58. The summed E-state index contributed by atoms with van der Waals surface area (Å²) in [5, 5.41) is 2.64. The van der Waals surface area contributed by atoms with Gasteiger partial charge in [-0.15, -0.1) is 0 Å². The fourth-order valence-electron chi connectivity index (χ4n) is 1.75. The highest BCUT2D eigenvalue weighted by Crippen LogP contribution is 2.30. The summed E-state index contributed by atoms with van der Waals surface area (Å²) in [4.78, 5) is 12.1. The Morgan fingerprint density at radius 2 is 1.48 bits per heavy atom. The van der Waals surface area contributed by atoms with Crippen molar-refractivity contribution >= 4 is 33.2 Å². The van der Waals surface area contributed by atoms with Crippen LogP contribution < -0.4 is 5.32 Å². The molecule has 0 radical (unpaired) electrons. The number of carbonyl (C=O) groups is 1. The van der Waals surface area contributed by atoms with E-state index in [0.29, 0.717) is 10.6 Å². The van der Waals surface area contributed by atoms with Crippen LogP contribution in [-0.4, -0.2) is 20.1 Å². The van der Waals surface area contributed by atoms with E-state index < -0.39 is 20.5 Å². The third kappa shape index (κ3) is 4.52. The zero-order chi connectivity index (χ0) is 17.0. The zero-order valence-electron chi connectivity index (χ0n) is 12.0. The number of hydrogen-bond donors (Lipinski definition) is 1. The van der Waals surface area contributed by atoms with E-state index >= 15 is 0 Å². The van der Waals surface area contributed by atoms with Gasteiger partial charge in [0.1, 0.15) is 0 Å². The van der Waals surface area contributed by atoms with Crippen LogP contribution in [0.4, 0.5) is 14.5 Å². The van der Waals surface area contributed by atoms with Gasteiger partial charge in [-0.3, -0.25) is 4.79 Å². The van der Waals surface area contributed by atoms with Crippen LogP contribution >= 0.6 is 11.8 Å². The molecule has 2 aromatic carbocycles. The lowest BCUT2D eigenvalue weighted by Crippen LogP contribution is -2.10. The van der Waals surface area contributed by atoms with Gasteiger partial charge in [0.25, 0.3) is 0 Å². The van der Waals surface area contributed by atoms with Crippen molar-refractivity contribution < 1.29 is 22.0 Å². The molecule has 1 N–H and O–H groups in total. The molecule has 23 heavy (non-hydrogen) atoms. The van der Waals surface area contributed by atoms with E-state index in [2.05, 4.69) is 5.32 Å². The molecule has 0 spiro atoms. The van der Waals surface area contributed by atoms with Gasteiger partial charge in [0.05, 0.1) is 4.90 Å². The molecule has 0 saturated heterocycles. The minimum Gasteiger partial charge on any atom is -0.326 e. The Hall–Kier alpha value is -1.93. The normalized spacial score (nSPS) is 11.5. The first kappa shape index (κ1) is 17.4. The summed E-state index contributed by atoms with van der Waals surface area (Å²) in [6.45, 7) is 1.41. The van der Waals surface area contributed by atoms with Crippen LogP contribution in [-0.2, 0) is 14.6 Å². The van der Waals surface area contributed by atoms with E-state index in [1.54, 1.807) is 24.3 Å². The fraction of sp³-hybridized carbons (Fsp3) is 0.133. The van der Waals surface area contributed by atoms with Crippen molar-refractivity contribution in [3.63, 3.8) is 0 Å². The number of sulfone groups is 1. The summed E-state index contributed by atoms with van der Waals surface area (Å²) in [7, 11) is -4.57. The first-order chi connectivity index (χ1) is 10.8. The van der Waals surface area contributed by atoms with E-state index in [4.69, 9.17) is 0 Å². The van der Waals surface area contributed by atoms with E-state index in [-0.39, 0.29) is 5.91 Å². The van der Waals surface area contributed by atoms with Crippen LogP contribution in [0.25, 0.3) is 0 Å². The van der Waals surface area contributed by atoms with Gasteiger partial charge in [-0.25, -0.2) is 8.42 Å². The van der Waals surface area contributed by atoms with Crippen molar-refractivity contribution in [2.45, 2.75) is 27.4 Å². The smallest absolute Gasteiger partial charge is 0.326 e. The Bertz CT molecular complexity index is 788. The SMILES string of the molecule is CC(=O)Nc1ccc(Sc2ccc(S(=O)(=O)C(F)F)cc2)cc1. The molecule has 2 rings (SSSR count). The molecule has 4 nitrogen and oxygen atoms in total. The molecule has 0 fully saturated rings. The quantitative estimate of drug-likeness (QED) is 0.884. The number of nitrogens with one attached hydrogen (secondary N) is 1. The monoisotopic (exact) mass is 357 g/mol. The predicted octanol–water partition coefficient (Wildman–Crippen LogP) is 3.79. The number of alkyl halides is 2. The molecule has 0 aliphatic rings. The molecule has 2 aromatic rings. The summed E-state index contributed by atoms with van der Waals surface area (Å²) in [6, 6.07) is 12.3.